The molecular weight excluding hydrogens is 319 g/mol. The van der Waals surface area contributed by atoms with Crippen LogP contribution in [-0.4, -0.2) is 0 Å². The molecule has 132 valence electrons. The Morgan fingerprint density at radius 1 is 0.769 bits per heavy atom. The Hall–Kier alpha value is -2.59. The van der Waals surface area contributed by atoms with Crippen molar-refractivity contribution >= 4 is 10.8 Å². The van der Waals surface area contributed by atoms with E-state index in [0.717, 1.165) is 30.2 Å². The molecule has 0 aliphatic heterocycles. The molecule has 0 N–H and O–H groups in total. The minimum atomic E-state index is -0.224. The first-order chi connectivity index (χ1) is 12.7. The second-order valence-corrected chi connectivity index (χ2v) is 6.78. The number of hydrogen-bond donors (Lipinski definition) is 0. The third-order valence-corrected chi connectivity index (χ3v) is 4.67. The summed E-state index contributed by atoms with van der Waals surface area (Å²) in [4.78, 5) is 0. The minimum absolute atomic E-state index is 0.224. The van der Waals surface area contributed by atoms with E-state index in [0.29, 0.717) is 10.9 Å². The molecule has 3 aromatic rings. The van der Waals surface area contributed by atoms with Gasteiger partial charge in [-0.1, -0.05) is 74.9 Å². The quantitative estimate of drug-likeness (QED) is 0.453. The van der Waals surface area contributed by atoms with Gasteiger partial charge in [-0.2, -0.15) is 0 Å². The van der Waals surface area contributed by atoms with Crippen LogP contribution >= 0.6 is 0 Å². The average molecular weight is 344 g/mol. The normalized spacial score (nSPS) is 10.6. The number of fused-ring (bicyclic) bond motifs is 1. The smallest absolute Gasteiger partial charge is 0.146 e. The zero-order chi connectivity index (χ0) is 18.4. The number of unbranched alkanes of at least 4 members (excludes halogenated alkanes) is 1. The van der Waals surface area contributed by atoms with Crippen molar-refractivity contribution in [3.05, 3.63) is 82.7 Å². The topological polar surface area (TPSA) is 0 Å². The molecule has 0 aromatic heterocycles. The number of benzene rings is 3. The van der Waals surface area contributed by atoms with Gasteiger partial charge in [-0.3, -0.25) is 0 Å². The van der Waals surface area contributed by atoms with E-state index >= 15 is 0 Å². The molecule has 0 aliphatic rings. The predicted octanol–water partition coefficient (Wildman–Crippen LogP) is 6.67. The lowest BCUT2D eigenvalue weighted by Gasteiger charge is -2.05. The van der Waals surface area contributed by atoms with Gasteiger partial charge < -0.3 is 0 Å². The molecule has 0 amide bonds. The van der Waals surface area contributed by atoms with Crippen LogP contribution in [0.3, 0.4) is 0 Å². The van der Waals surface area contributed by atoms with Crippen LogP contribution in [-0.2, 0) is 12.8 Å². The maximum atomic E-state index is 14.8. The summed E-state index contributed by atoms with van der Waals surface area (Å²) in [6, 6.07) is 18.0. The van der Waals surface area contributed by atoms with Gasteiger partial charge in [-0.25, -0.2) is 4.39 Å². The van der Waals surface area contributed by atoms with Crippen LogP contribution in [0.15, 0.2) is 54.6 Å². The summed E-state index contributed by atoms with van der Waals surface area (Å²) in [6.45, 7) is 4.35. The van der Waals surface area contributed by atoms with Crippen LogP contribution in [0.25, 0.3) is 10.8 Å². The van der Waals surface area contributed by atoms with Crippen LogP contribution < -0.4 is 0 Å². The maximum absolute atomic E-state index is 14.8. The molecule has 26 heavy (non-hydrogen) atoms. The monoisotopic (exact) mass is 344 g/mol. The van der Waals surface area contributed by atoms with Crippen molar-refractivity contribution in [1.82, 2.24) is 0 Å². The van der Waals surface area contributed by atoms with Gasteiger partial charge in [-0.05, 0) is 54.0 Å². The van der Waals surface area contributed by atoms with E-state index in [4.69, 9.17) is 0 Å². The molecule has 1 heteroatoms. The van der Waals surface area contributed by atoms with E-state index in [9.17, 15) is 4.39 Å². The molecule has 0 spiro atoms. The summed E-state index contributed by atoms with van der Waals surface area (Å²) in [5.41, 5.74) is 3.96. The summed E-state index contributed by atoms with van der Waals surface area (Å²) < 4.78 is 14.8. The second kappa shape index (κ2) is 8.68. The summed E-state index contributed by atoms with van der Waals surface area (Å²) in [7, 11) is 0. The lowest BCUT2D eigenvalue weighted by atomic mass is 10.0. The predicted molar refractivity (Wildman–Crippen MR) is 109 cm³/mol. The molecule has 3 rings (SSSR count). The largest absolute Gasteiger partial charge is 0.205 e. The van der Waals surface area contributed by atoms with E-state index < -0.39 is 0 Å². The first-order valence-corrected chi connectivity index (χ1v) is 9.53. The Balaban J connectivity index is 1.84. The first kappa shape index (κ1) is 18.2. The Labute approximate surface area is 156 Å². The highest BCUT2D eigenvalue weighted by molar-refractivity contribution is 5.85. The molecule has 0 aliphatic carbocycles. The van der Waals surface area contributed by atoms with E-state index in [1.165, 1.54) is 24.0 Å². The van der Waals surface area contributed by atoms with Crippen LogP contribution in [0.5, 0.6) is 0 Å². The highest BCUT2D eigenvalue weighted by atomic mass is 19.1. The molecular formula is C25H25F. The lowest BCUT2D eigenvalue weighted by Crippen LogP contribution is -1.89. The third-order valence-electron chi connectivity index (χ3n) is 4.67. The third kappa shape index (κ3) is 4.33. The molecule has 0 saturated carbocycles. The minimum Gasteiger partial charge on any atom is -0.205 e. The van der Waals surface area contributed by atoms with Crippen LogP contribution in [0, 0.1) is 17.7 Å². The van der Waals surface area contributed by atoms with Crippen molar-refractivity contribution in [2.24, 2.45) is 0 Å². The van der Waals surface area contributed by atoms with E-state index in [2.05, 4.69) is 43.9 Å². The fourth-order valence-corrected chi connectivity index (χ4v) is 3.16. The highest BCUT2D eigenvalue weighted by Gasteiger charge is 2.06. The standard InChI is InChI=1S/C25H25F/c1-3-5-7-19-8-10-20(11-9-19)12-14-22-15-16-23-18-21(6-4-2)13-17-24(23)25(22)26/h8-11,13,15-18H,3-7H2,1-2H3. The fraction of sp³-hybridized carbons (Fsp3) is 0.280. The average Bonchev–Trinajstić information content (AvgIpc) is 2.67. The Bertz CT molecular complexity index is 940. The van der Waals surface area contributed by atoms with Gasteiger partial charge in [0.25, 0.3) is 0 Å². The van der Waals surface area contributed by atoms with Crippen molar-refractivity contribution in [3.8, 4) is 11.8 Å². The molecule has 0 unspecified atom stereocenters. The Kier molecular flexibility index (Phi) is 6.08. The molecule has 0 nitrogen and oxygen atoms in total. The Morgan fingerprint density at radius 3 is 2.27 bits per heavy atom. The van der Waals surface area contributed by atoms with Gasteiger partial charge in [0.15, 0.2) is 0 Å². The molecule has 0 fully saturated rings. The van der Waals surface area contributed by atoms with Crippen molar-refractivity contribution in [2.45, 2.75) is 46.0 Å². The van der Waals surface area contributed by atoms with Crippen LogP contribution in [0.4, 0.5) is 4.39 Å². The molecule has 0 radical (unpaired) electrons. The first-order valence-electron chi connectivity index (χ1n) is 9.53. The Morgan fingerprint density at radius 2 is 1.54 bits per heavy atom. The van der Waals surface area contributed by atoms with Gasteiger partial charge in [0.2, 0.25) is 0 Å². The summed E-state index contributed by atoms with van der Waals surface area (Å²) in [5.74, 6) is 5.87. The van der Waals surface area contributed by atoms with Crippen molar-refractivity contribution in [2.75, 3.05) is 0 Å². The van der Waals surface area contributed by atoms with Crippen molar-refractivity contribution in [1.29, 1.82) is 0 Å². The van der Waals surface area contributed by atoms with Gasteiger partial charge in [-0.15, -0.1) is 0 Å². The van der Waals surface area contributed by atoms with Crippen molar-refractivity contribution < 1.29 is 4.39 Å². The zero-order valence-electron chi connectivity index (χ0n) is 15.6. The fourth-order valence-electron chi connectivity index (χ4n) is 3.16. The SMILES string of the molecule is CCCCc1ccc(C#Cc2ccc3cc(CCC)ccc3c2F)cc1. The van der Waals surface area contributed by atoms with E-state index in [1.807, 2.05) is 30.3 Å². The number of rotatable bonds is 5. The molecule has 0 saturated heterocycles. The summed E-state index contributed by atoms with van der Waals surface area (Å²) >= 11 is 0. The number of aryl methyl sites for hydroxylation is 2. The highest BCUT2D eigenvalue weighted by Crippen LogP contribution is 2.22. The van der Waals surface area contributed by atoms with E-state index in [-0.39, 0.29) is 5.82 Å². The van der Waals surface area contributed by atoms with Crippen LogP contribution in [0.2, 0.25) is 0 Å². The maximum Gasteiger partial charge on any atom is 0.146 e. The zero-order valence-corrected chi connectivity index (χ0v) is 15.6. The lowest BCUT2D eigenvalue weighted by molar-refractivity contribution is 0.636. The summed E-state index contributed by atoms with van der Waals surface area (Å²) in [5, 5.41) is 1.59. The van der Waals surface area contributed by atoms with Gasteiger partial charge in [0.05, 0.1) is 5.56 Å². The number of hydrogen-bond acceptors (Lipinski definition) is 0. The molecule has 0 heterocycles. The molecule has 0 bridgehead atoms. The van der Waals surface area contributed by atoms with Gasteiger partial charge >= 0.3 is 0 Å². The van der Waals surface area contributed by atoms with Crippen LogP contribution in [0.1, 0.15) is 55.4 Å². The van der Waals surface area contributed by atoms with Gasteiger partial charge in [0, 0.05) is 10.9 Å². The van der Waals surface area contributed by atoms with Gasteiger partial charge in [0.1, 0.15) is 5.82 Å². The van der Waals surface area contributed by atoms with Crippen molar-refractivity contribution in [3.63, 3.8) is 0 Å². The summed E-state index contributed by atoms with van der Waals surface area (Å²) in [6.07, 6.45) is 5.61. The molecule has 0 atom stereocenters. The molecule has 3 aromatic carbocycles. The second-order valence-electron chi connectivity index (χ2n) is 6.78. The number of halogens is 1. The van der Waals surface area contributed by atoms with E-state index in [1.54, 1.807) is 6.07 Å².